The van der Waals surface area contributed by atoms with Gasteiger partial charge in [0.05, 0.1) is 0 Å². The highest BCUT2D eigenvalue weighted by Crippen LogP contribution is 2.34. The number of urea groups is 1. The summed E-state index contributed by atoms with van der Waals surface area (Å²) in [6, 6.07) is 8.66. The minimum Gasteiger partial charge on any atom is -0.384 e. The van der Waals surface area contributed by atoms with Gasteiger partial charge in [0.15, 0.2) is 0 Å². The van der Waals surface area contributed by atoms with Crippen molar-refractivity contribution in [1.29, 1.82) is 0 Å². The first-order chi connectivity index (χ1) is 11.6. The molecule has 1 aliphatic heterocycles. The Balaban J connectivity index is 1.53. The lowest BCUT2D eigenvalue weighted by Crippen LogP contribution is -2.51. The van der Waals surface area contributed by atoms with E-state index in [1.54, 1.807) is 0 Å². The number of amides is 2. The molecule has 132 valence electrons. The van der Waals surface area contributed by atoms with Crippen LogP contribution in [0.15, 0.2) is 24.3 Å². The third-order valence-electron chi connectivity index (χ3n) is 5.35. The fourth-order valence-electron chi connectivity index (χ4n) is 3.94. The molecule has 1 aromatic rings. The monoisotopic (exact) mass is 331 g/mol. The lowest BCUT2D eigenvalue weighted by atomic mass is 9.79. The second-order valence-electron chi connectivity index (χ2n) is 7.02. The van der Waals surface area contributed by atoms with Crippen LogP contribution in [0.3, 0.4) is 0 Å². The van der Waals surface area contributed by atoms with Crippen molar-refractivity contribution in [3.05, 3.63) is 35.4 Å². The standard InChI is InChI=1S/C19H29N3O2/c1-2-20-18(23)22-12-9-16(10-13-22)21-14-19(24)11-5-7-15-6-3-4-8-17(15)19/h3-4,6,8,16,21,24H,2,5,7,9-14H2,1H3,(H,20,23)/t19-/m1/s1. The van der Waals surface area contributed by atoms with Crippen LogP contribution in [-0.4, -0.2) is 48.3 Å². The van der Waals surface area contributed by atoms with Gasteiger partial charge in [-0.2, -0.15) is 0 Å². The maximum atomic E-state index is 11.9. The zero-order valence-corrected chi connectivity index (χ0v) is 14.6. The molecule has 0 spiro atoms. The van der Waals surface area contributed by atoms with Crippen LogP contribution in [-0.2, 0) is 12.0 Å². The average Bonchev–Trinajstić information content (AvgIpc) is 2.61. The molecule has 3 rings (SSSR count). The molecule has 1 heterocycles. The second kappa shape index (κ2) is 7.53. The molecule has 0 radical (unpaired) electrons. The van der Waals surface area contributed by atoms with Crippen LogP contribution in [0.5, 0.6) is 0 Å². The van der Waals surface area contributed by atoms with E-state index in [1.165, 1.54) is 5.56 Å². The van der Waals surface area contributed by atoms with Crippen molar-refractivity contribution in [2.45, 2.75) is 50.7 Å². The molecule has 5 heteroatoms. The maximum absolute atomic E-state index is 11.9. The maximum Gasteiger partial charge on any atom is 0.317 e. The Labute approximate surface area is 144 Å². The van der Waals surface area contributed by atoms with Crippen LogP contribution in [0.1, 0.15) is 43.7 Å². The Morgan fingerprint density at radius 1 is 1.33 bits per heavy atom. The molecule has 0 aromatic heterocycles. The Bertz CT molecular complexity index is 569. The lowest BCUT2D eigenvalue weighted by Gasteiger charge is -2.38. The zero-order valence-electron chi connectivity index (χ0n) is 14.6. The zero-order chi connectivity index (χ0) is 17.0. The number of nitrogens with one attached hydrogen (secondary N) is 2. The van der Waals surface area contributed by atoms with E-state index in [2.05, 4.69) is 28.8 Å². The number of carbonyl (C=O) groups is 1. The molecular formula is C19H29N3O2. The highest BCUT2D eigenvalue weighted by atomic mass is 16.3. The molecule has 1 fully saturated rings. The van der Waals surface area contributed by atoms with E-state index in [4.69, 9.17) is 0 Å². The number of piperidine rings is 1. The molecule has 24 heavy (non-hydrogen) atoms. The molecule has 0 saturated carbocycles. The normalized spacial score (nSPS) is 24.5. The Morgan fingerprint density at radius 2 is 2.08 bits per heavy atom. The van der Waals surface area contributed by atoms with E-state index >= 15 is 0 Å². The van der Waals surface area contributed by atoms with Gasteiger partial charge in [0.1, 0.15) is 5.60 Å². The summed E-state index contributed by atoms with van der Waals surface area (Å²) in [4.78, 5) is 13.7. The molecule has 1 aliphatic carbocycles. The lowest BCUT2D eigenvalue weighted by molar-refractivity contribution is 0.0147. The van der Waals surface area contributed by atoms with Gasteiger partial charge in [-0.1, -0.05) is 24.3 Å². The summed E-state index contributed by atoms with van der Waals surface area (Å²) in [5, 5.41) is 17.5. The molecule has 1 atom stereocenters. The van der Waals surface area contributed by atoms with Gasteiger partial charge < -0.3 is 20.6 Å². The number of aryl methyl sites for hydroxylation is 1. The van der Waals surface area contributed by atoms with Crippen LogP contribution in [0.2, 0.25) is 0 Å². The molecule has 2 amide bonds. The smallest absolute Gasteiger partial charge is 0.317 e. The summed E-state index contributed by atoms with van der Waals surface area (Å²) in [5.74, 6) is 0. The van der Waals surface area contributed by atoms with Crippen molar-refractivity contribution < 1.29 is 9.90 Å². The summed E-state index contributed by atoms with van der Waals surface area (Å²) >= 11 is 0. The van der Waals surface area contributed by atoms with E-state index in [-0.39, 0.29) is 6.03 Å². The van der Waals surface area contributed by atoms with E-state index in [1.807, 2.05) is 17.9 Å². The van der Waals surface area contributed by atoms with E-state index in [0.29, 0.717) is 19.1 Å². The van der Waals surface area contributed by atoms with Crippen LogP contribution in [0, 0.1) is 0 Å². The van der Waals surface area contributed by atoms with Crippen molar-refractivity contribution in [1.82, 2.24) is 15.5 Å². The number of hydrogen-bond donors (Lipinski definition) is 3. The summed E-state index contributed by atoms with van der Waals surface area (Å²) in [6.45, 7) is 4.76. The first-order valence-electron chi connectivity index (χ1n) is 9.19. The van der Waals surface area contributed by atoms with Crippen LogP contribution in [0.4, 0.5) is 4.79 Å². The van der Waals surface area contributed by atoms with Crippen LogP contribution >= 0.6 is 0 Å². The fraction of sp³-hybridized carbons (Fsp3) is 0.632. The van der Waals surface area contributed by atoms with Crippen LogP contribution in [0.25, 0.3) is 0 Å². The Kier molecular flexibility index (Phi) is 5.41. The number of carbonyl (C=O) groups excluding carboxylic acids is 1. The SMILES string of the molecule is CCNC(=O)N1CCC(NC[C@]2(O)CCCc3ccccc32)CC1. The van der Waals surface area contributed by atoms with E-state index in [0.717, 1.165) is 50.8 Å². The predicted octanol–water partition coefficient (Wildman–Crippen LogP) is 1.99. The Morgan fingerprint density at radius 3 is 2.83 bits per heavy atom. The molecule has 5 nitrogen and oxygen atoms in total. The van der Waals surface area contributed by atoms with Gasteiger partial charge >= 0.3 is 6.03 Å². The van der Waals surface area contributed by atoms with Gasteiger partial charge in [-0.3, -0.25) is 0 Å². The van der Waals surface area contributed by atoms with Gasteiger partial charge in [0, 0.05) is 32.2 Å². The summed E-state index contributed by atoms with van der Waals surface area (Å²) in [7, 11) is 0. The van der Waals surface area contributed by atoms with Gasteiger partial charge in [-0.05, 0) is 50.2 Å². The van der Waals surface area contributed by atoms with Gasteiger partial charge in [0.25, 0.3) is 0 Å². The number of benzene rings is 1. The van der Waals surface area contributed by atoms with Crippen LogP contribution < -0.4 is 10.6 Å². The molecule has 3 N–H and O–H groups in total. The van der Waals surface area contributed by atoms with Gasteiger partial charge in [-0.25, -0.2) is 4.79 Å². The second-order valence-corrected chi connectivity index (χ2v) is 7.02. The summed E-state index contributed by atoms with van der Waals surface area (Å²) in [6.07, 6.45) is 4.78. The summed E-state index contributed by atoms with van der Waals surface area (Å²) < 4.78 is 0. The third-order valence-corrected chi connectivity index (χ3v) is 5.35. The quantitative estimate of drug-likeness (QED) is 0.791. The minimum atomic E-state index is -0.758. The van der Waals surface area contributed by atoms with Crippen molar-refractivity contribution in [3.63, 3.8) is 0 Å². The highest BCUT2D eigenvalue weighted by Gasteiger charge is 2.34. The minimum absolute atomic E-state index is 0.0378. The van der Waals surface area contributed by atoms with Crippen molar-refractivity contribution in [2.24, 2.45) is 0 Å². The summed E-state index contributed by atoms with van der Waals surface area (Å²) in [5.41, 5.74) is 1.61. The average molecular weight is 331 g/mol. The molecule has 1 aromatic carbocycles. The van der Waals surface area contributed by atoms with Gasteiger partial charge in [0.2, 0.25) is 0 Å². The van der Waals surface area contributed by atoms with Crippen molar-refractivity contribution >= 4 is 6.03 Å². The Hall–Kier alpha value is -1.59. The molecule has 0 unspecified atom stereocenters. The fourth-order valence-corrected chi connectivity index (χ4v) is 3.94. The topological polar surface area (TPSA) is 64.6 Å². The largest absolute Gasteiger partial charge is 0.384 e. The number of hydrogen-bond acceptors (Lipinski definition) is 3. The van der Waals surface area contributed by atoms with E-state index < -0.39 is 5.60 Å². The predicted molar refractivity (Wildman–Crippen MR) is 94.9 cm³/mol. The number of rotatable bonds is 4. The number of aliphatic hydroxyl groups is 1. The first-order valence-corrected chi connectivity index (χ1v) is 9.19. The number of fused-ring (bicyclic) bond motifs is 1. The highest BCUT2D eigenvalue weighted by molar-refractivity contribution is 5.74. The number of likely N-dealkylation sites (tertiary alicyclic amines) is 1. The van der Waals surface area contributed by atoms with E-state index in [9.17, 15) is 9.90 Å². The van der Waals surface area contributed by atoms with Gasteiger partial charge in [-0.15, -0.1) is 0 Å². The molecule has 0 bridgehead atoms. The van der Waals surface area contributed by atoms with Crippen molar-refractivity contribution in [3.8, 4) is 0 Å². The third kappa shape index (κ3) is 3.73. The first kappa shape index (κ1) is 17.2. The molecule has 2 aliphatic rings. The molecule has 1 saturated heterocycles. The molecular weight excluding hydrogens is 302 g/mol. The van der Waals surface area contributed by atoms with Crippen molar-refractivity contribution in [2.75, 3.05) is 26.2 Å². The number of nitrogens with zero attached hydrogens (tertiary/aromatic N) is 1.